The quantitative estimate of drug-likeness (QED) is 0.921. The molecule has 0 aliphatic carbocycles. The Morgan fingerprint density at radius 2 is 2.05 bits per heavy atom. The van der Waals surface area contributed by atoms with Gasteiger partial charge in [-0.05, 0) is 31.9 Å². The SMILES string of the molecule is CC1(C(=O)O)CCCN(Cc2ccc(C(F)F)cc2)C1. The van der Waals surface area contributed by atoms with Gasteiger partial charge in [0, 0.05) is 18.7 Å². The molecule has 1 aromatic carbocycles. The van der Waals surface area contributed by atoms with E-state index in [1.54, 1.807) is 19.1 Å². The molecule has 1 aliphatic heterocycles. The summed E-state index contributed by atoms with van der Waals surface area (Å²) in [6.07, 6.45) is -0.921. The number of likely N-dealkylation sites (tertiary alicyclic amines) is 1. The molecule has 1 unspecified atom stereocenters. The highest BCUT2D eigenvalue weighted by molar-refractivity contribution is 5.74. The number of alkyl halides is 2. The fourth-order valence-electron chi connectivity index (χ4n) is 2.68. The predicted molar refractivity (Wildman–Crippen MR) is 71.7 cm³/mol. The zero-order valence-corrected chi connectivity index (χ0v) is 11.5. The molecule has 0 saturated carbocycles. The summed E-state index contributed by atoms with van der Waals surface area (Å²) in [5.41, 5.74) is 0.244. The van der Waals surface area contributed by atoms with Gasteiger partial charge >= 0.3 is 5.97 Å². The van der Waals surface area contributed by atoms with Crippen molar-refractivity contribution in [3.8, 4) is 0 Å². The standard InChI is InChI=1S/C15H19F2NO2/c1-15(14(19)20)7-2-8-18(10-15)9-11-3-5-12(6-4-11)13(16)17/h3-6,13H,2,7-10H2,1H3,(H,19,20). The maximum atomic E-state index is 12.5. The van der Waals surface area contributed by atoms with Gasteiger partial charge in [-0.2, -0.15) is 0 Å². The lowest BCUT2D eigenvalue weighted by atomic mass is 9.82. The Balaban J connectivity index is 2.01. The van der Waals surface area contributed by atoms with Crippen LogP contribution in [0.3, 0.4) is 0 Å². The van der Waals surface area contributed by atoms with E-state index < -0.39 is 17.8 Å². The molecule has 110 valence electrons. The van der Waals surface area contributed by atoms with Gasteiger partial charge < -0.3 is 5.11 Å². The molecule has 1 heterocycles. The zero-order valence-electron chi connectivity index (χ0n) is 11.5. The highest BCUT2D eigenvalue weighted by Gasteiger charge is 2.37. The van der Waals surface area contributed by atoms with Crippen molar-refractivity contribution < 1.29 is 18.7 Å². The monoisotopic (exact) mass is 283 g/mol. The van der Waals surface area contributed by atoms with Crippen LogP contribution in [0, 0.1) is 5.41 Å². The van der Waals surface area contributed by atoms with E-state index in [2.05, 4.69) is 4.90 Å². The van der Waals surface area contributed by atoms with Crippen LogP contribution in [0.25, 0.3) is 0 Å². The van der Waals surface area contributed by atoms with Gasteiger partial charge in [-0.1, -0.05) is 24.3 Å². The van der Waals surface area contributed by atoms with Crippen molar-refractivity contribution in [2.24, 2.45) is 5.41 Å². The van der Waals surface area contributed by atoms with Gasteiger partial charge in [0.25, 0.3) is 6.43 Å². The Morgan fingerprint density at radius 1 is 1.40 bits per heavy atom. The zero-order chi connectivity index (χ0) is 14.8. The number of hydrogen-bond donors (Lipinski definition) is 1. The molecule has 0 aromatic heterocycles. The fraction of sp³-hybridized carbons (Fsp3) is 0.533. The highest BCUT2D eigenvalue weighted by Crippen LogP contribution is 2.30. The minimum atomic E-state index is -2.45. The summed E-state index contributed by atoms with van der Waals surface area (Å²) < 4.78 is 24.9. The van der Waals surface area contributed by atoms with Crippen molar-refractivity contribution in [3.05, 3.63) is 35.4 Å². The summed E-state index contributed by atoms with van der Waals surface area (Å²) >= 11 is 0. The third kappa shape index (κ3) is 3.33. The largest absolute Gasteiger partial charge is 0.481 e. The Morgan fingerprint density at radius 3 is 2.60 bits per heavy atom. The van der Waals surface area contributed by atoms with Gasteiger partial charge in [-0.3, -0.25) is 9.69 Å². The van der Waals surface area contributed by atoms with Gasteiger partial charge in [0.1, 0.15) is 0 Å². The van der Waals surface area contributed by atoms with E-state index in [4.69, 9.17) is 0 Å². The first kappa shape index (κ1) is 14.9. The van der Waals surface area contributed by atoms with E-state index >= 15 is 0 Å². The van der Waals surface area contributed by atoms with Gasteiger partial charge in [0.15, 0.2) is 0 Å². The number of carbonyl (C=O) groups is 1. The predicted octanol–water partition coefficient (Wildman–Crippen LogP) is 3.31. The van der Waals surface area contributed by atoms with E-state index in [0.29, 0.717) is 19.5 Å². The molecule has 1 N–H and O–H groups in total. The summed E-state index contributed by atoms with van der Waals surface area (Å²) in [7, 11) is 0. The summed E-state index contributed by atoms with van der Waals surface area (Å²) in [4.78, 5) is 13.4. The first-order valence-electron chi connectivity index (χ1n) is 6.73. The number of hydrogen-bond acceptors (Lipinski definition) is 2. The van der Waals surface area contributed by atoms with Crippen LogP contribution >= 0.6 is 0 Å². The second-order valence-corrected chi connectivity index (χ2v) is 5.72. The molecule has 1 atom stereocenters. The molecule has 1 aromatic rings. The van der Waals surface area contributed by atoms with Crippen molar-refractivity contribution in [1.82, 2.24) is 4.90 Å². The Kier molecular flexibility index (Phi) is 4.38. The average molecular weight is 283 g/mol. The summed E-state index contributed by atoms with van der Waals surface area (Å²) in [5, 5.41) is 9.27. The number of halogens is 2. The van der Waals surface area contributed by atoms with Crippen LogP contribution < -0.4 is 0 Å². The maximum Gasteiger partial charge on any atom is 0.310 e. The van der Waals surface area contributed by atoms with E-state index in [1.165, 1.54) is 12.1 Å². The summed E-state index contributed by atoms with van der Waals surface area (Å²) in [6.45, 7) is 3.71. The van der Waals surface area contributed by atoms with Crippen LogP contribution in [0.1, 0.15) is 37.3 Å². The number of piperidine rings is 1. The molecule has 5 heteroatoms. The van der Waals surface area contributed by atoms with Gasteiger partial charge in [0.2, 0.25) is 0 Å². The molecular formula is C15H19F2NO2. The van der Waals surface area contributed by atoms with Crippen molar-refractivity contribution in [2.75, 3.05) is 13.1 Å². The Bertz CT molecular complexity index is 475. The van der Waals surface area contributed by atoms with Crippen LogP contribution in [0.2, 0.25) is 0 Å². The second-order valence-electron chi connectivity index (χ2n) is 5.72. The smallest absolute Gasteiger partial charge is 0.310 e. The van der Waals surface area contributed by atoms with Gasteiger partial charge in [0.05, 0.1) is 5.41 Å². The normalized spacial score (nSPS) is 24.0. The fourth-order valence-corrected chi connectivity index (χ4v) is 2.68. The second kappa shape index (κ2) is 5.87. The van der Waals surface area contributed by atoms with Crippen molar-refractivity contribution in [1.29, 1.82) is 0 Å². The van der Waals surface area contributed by atoms with E-state index in [1.807, 2.05) is 0 Å². The topological polar surface area (TPSA) is 40.5 Å². The molecule has 1 fully saturated rings. The highest BCUT2D eigenvalue weighted by atomic mass is 19.3. The van der Waals surface area contributed by atoms with E-state index in [9.17, 15) is 18.7 Å². The first-order valence-corrected chi connectivity index (χ1v) is 6.73. The first-order chi connectivity index (χ1) is 9.40. The summed E-state index contributed by atoms with van der Waals surface area (Å²) in [5.74, 6) is -0.768. The number of carboxylic acid groups (broad SMARTS) is 1. The molecule has 3 nitrogen and oxygen atoms in total. The minimum Gasteiger partial charge on any atom is -0.481 e. The van der Waals surface area contributed by atoms with Gasteiger partial charge in [-0.15, -0.1) is 0 Å². The van der Waals surface area contributed by atoms with Crippen LogP contribution in [0.15, 0.2) is 24.3 Å². The lowest BCUT2D eigenvalue weighted by molar-refractivity contribution is -0.151. The van der Waals surface area contributed by atoms with Gasteiger partial charge in [-0.25, -0.2) is 8.78 Å². The number of aliphatic carboxylic acids is 1. The molecule has 20 heavy (non-hydrogen) atoms. The third-order valence-corrected chi connectivity index (χ3v) is 3.93. The summed E-state index contributed by atoms with van der Waals surface area (Å²) in [6, 6.07) is 6.24. The molecule has 0 radical (unpaired) electrons. The number of benzene rings is 1. The van der Waals surface area contributed by atoms with Crippen molar-refractivity contribution in [3.63, 3.8) is 0 Å². The number of rotatable bonds is 4. The van der Waals surface area contributed by atoms with Crippen LogP contribution in [-0.4, -0.2) is 29.1 Å². The average Bonchev–Trinajstić information content (AvgIpc) is 2.39. The van der Waals surface area contributed by atoms with Crippen LogP contribution in [0.4, 0.5) is 8.78 Å². The van der Waals surface area contributed by atoms with Crippen molar-refractivity contribution in [2.45, 2.75) is 32.7 Å². The number of carboxylic acids is 1. The minimum absolute atomic E-state index is 0.0165. The molecule has 0 spiro atoms. The maximum absolute atomic E-state index is 12.5. The Labute approximate surface area is 117 Å². The van der Waals surface area contributed by atoms with Crippen LogP contribution in [0.5, 0.6) is 0 Å². The molecule has 2 rings (SSSR count). The number of nitrogens with zero attached hydrogens (tertiary/aromatic N) is 1. The molecular weight excluding hydrogens is 264 g/mol. The van der Waals surface area contributed by atoms with Crippen molar-refractivity contribution >= 4 is 5.97 Å². The lowest BCUT2D eigenvalue weighted by Crippen LogP contribution is -2.45. The molecule has 1 saturated heterocycles. The molecule has 0 amide bonds. The van der Waals surface area contributed by atoms with E-state index in [-0.39, 0.29) is 5.56 Å². The van der Waals surface area contributed by atoms with E-state index in [0.717, 1.165) is 18.5 Å². The third-order valence-electron chi connectivity index (χ3n) is 3.93. The molecule has 1 aliphatic rings. The molecule has 0 bridgehead atoms. The Hall–Kier alpha value is -1.49. The van der Waals surface area contributed by atoms with Crippen LogP contribution in [-0.2, 0) is 11.3 Å². The lowest BCUT2D eigenvalue weighted by Gasteiger charge is -2.37.